The highest BCUT2D eigenvalue weighted by Crippen LogP contribution is 2.53. The lowest BCUT2D eigenvalue weighted by Crippen LogP contribution is -2.33. The Hall–Kier alpha value is -0.860. The summed E-state index contributed by atoms with van der Waals surface area (Å²) in [7, 11) is 0. The summed E-state index contributed by atoms with van der Waals surface area (Å²) in [4.78, 5) is 22.7. The Morgan fingerprint density at radius 3 is 2.93 bits per heavy atom. The fourth-order valence-electron chi connectivity index (χ4n) is 2.92. The van der Waals surface area contributed by atoms with Crippen LogP contribution in [0.2, 0.25) is 0 Å². The highest BCUT2D eigenvalue weighted by atomic mass is 16.5. The molecule has 0 amide bonds. The van der Waals surface area contributed by atoms with Crippen LogP contribution in [0.4, 0.5) is 0 Å². The van der Waals surface area contributed by atoms with E-state index < -0.39 is 0 Å². The van der Waals surface area contributed by atoms with Crippen LogP contribution in [0.25, 0.3) is 0 Å². The van der Waals surface area contributed by atoms with Crippen molar-refractivity contribution < 1.29 is 14.3 Å². The van der Waals surface area contributed by atoms with Crippen molar-refractivity contribution in [3.8, 4) is 0 Å². The zero-order valence-electron chi connectivity index (χ0n) is 8.71. The third-order valence-corrected chi connectivity index (χ3v) is 3.95. The molecule has 2 fully saturated rings. The molecule has 3 nitrogen and oxygen atoms in total. The fourth-order valence-corrected chi connectivity index (χ4v) is 2.92. The molecule has 78 valence electrons. The number of ketones is 1. The van der Waals surface area contributed by atoms with Crippen LogP contribution in [0.1, 0.15) is 33.1 Å². The van der Waals surface area contributed by atoms with Gasteiger partial charge in [-0.25, -0.2) is 0 Å². The van der Waals surface area contributed by atoms with Crippen molar-refractivity contribution in [2.75, 3.05) is 6.61 Å². The normalized spacial score (nSPS) is 40.9. The van der Waals surface area contributed by atoms with Crippen molar-refractivity contribution in [2.24, 2.45) is 17.3 Å². The third-order valence-electron chi connectivity index (χ3n) is 3.95. The van der Waals surface area contributed by atoms with Crippen molar-refractivity contribution in [3.05, 3.63) is 0 Å². The molecule has 14 heavy (non-hydrogen) atoms. The number of esters is 1. The number of carbonyl (C=O) groups is 2. The number of ether oxygens (including phenoxy) is 1. The van der Waals surface area contributed by atoms with Crippen molar-refractivity contribution in [3.63, 3.8) is 0 Å². The molecule has 1 heterocycles. The number of Topliss-reactive ketones (excluding diaryl/α,β-unsaturated/α-hetero) is 1. The minimum Gasteiger partial charge on any atom is -0.465 e. The summed E-state index contributed by atoms with van der Waals surface area (Å²) in [5.41, 5.74) is -0.369. The molecule has 0 bridgehead atoms. The van der Waals surface area contributed by atoms with Gasteiger partial charge in [-0.15, -0.1) is 0 Å². The zero-order valence-corrected chi connectivity index (χ0v) is 8.71. The molecule has 0 spiro atoms. The Kier molecular flexibility index (Phi) is 2.13. The summed E-state index contributed by atoms with van der Waals surface area (Å²) in [6.45, 7) is 4.12. The fraction of sp³-hybridized carbons (Fsp3) is 0.818. The van der Waals surface area contributed by atoms with E-state index in [1.165, 1.54) is 0 Å². The molecule has 0 radical (unpaired) electrons. The van der Waals surface area contributed by atoms with Gasteiger partial charge in [-0.3, -0.25) is 4.79 Å². The standard InChI is InChI=1S/C11H16O3/c1-7(12)5-8-3-4-9-6-14-10(13)11(8,9)2/h8-9H,3-6H2,1-2H3. The van der Waals surface area contributed by atoms with Gasteiger partial charge in [0.2, 0.25) is 0 Å². The van der Waals surface area contributed by atoms with E-state index in [-0.39, 0.29) is 23.1 Å². The predicted molar refractivity (Wildman–Crippen MR) is 50.6 cm³/mol. The minimum absolute atomic E-state index is 0.0914. The van der Waals surface area contributed by atoms with Gasteiger partial charge in [-0.2, -0.15) is 0 Å². The first-order valence-corrected chi connectivity index (χ1v) is 5.21. The van der Waals surface area contributed by atoms with Gasteiger partial charge < -0.3 is 9.53 Å². The Balaban J connectivity index is 2.20. The van der Waals surface area contributed by atoms with Gasteiger partial charge in [-0.1, -0.05) is 0 Å². The summed E-state index contributed by atoms with van der Waals surface area (Å²) < 4.78 is 5.08. The molecule has 2 rings (SSSR count). The number of hydrogen-bond acceptors (Lipinski definition) is 3. The molecule has 0 N–H and O–H groups in total. The van der Waals surface area contributed by atoms with Gasteiger partial charge in [0.05, 0.1) is 12.0 Å². The van der Waals surface area contributed by atoms with Crippen LogP contribution in [0, 0.1) is 17.3 Å². The summed E-state index contributed by atoms with van der Waals surface area (Å²) >= 11 is 0. The SMILES string of the molecule is CC(=O)CC1CCC2COC(=O)C21C. The van der Waals surface area contributed by atoms with Gasteiger partial charge in [0.25, 0.3) is 0 Å². The van der Waals surface area contributed by atoms with E-state index in [0.29, 0.717) is 18.9 Å². The number of hydrogen-bond donors (Lipinski definition) is 0. The lowest BCUT2D eigenvalue weighted by atomic mass is 9.74. The van der Waals surface area contributed by atoms with Crippen molar-refractivity contribution in [1.82, 2.24) is 0 Å². The van der Waals surface area contributed by atoms with E-state index in [0.717, 1.165) is 12.8 Å². The second-order valence-corrected chi connectivity index (χ2v) is 4.76. The average molecular weight is 196 g/mol. The van der Waals surface area contributed by atoms with Gasteiger partial charge in [0, 0.05) is 12.3 Å². The predicted octanol–water partition coefficient (Wildman–Crippen LogP) is 1.55. The van der Waals surface area contributed by atoms with Crippen LogP contribution in [-0.2, 0) is 14.3 Å². The molecule has 0 aromatic heterocycles. The highest BCUT2D eigenvalue weighted by Gasteiger charge is 2.57. The second kappa shape index (κ2) is 3.07. The second-order valence-electron chi connectivity index (χ2n) is 4.76. The van der Waals surface area contributed by atoms with Crippen LogP contribution in [0.5, 0.6) is 0 Å². The maximum absolute atomic E-state index is 11.6. The third kappa shape index (κ3) is 1.18. The first-order valence-electron chi connectivity index (χ1n) is 5.21. The Bertz CT molecular complexity index is 284. The first-order chi connectivity index (χ1) is 6.55. The Morgan fingerprint density at radius 1 is 1.57 bits per heavy atom. The molecule has 0 aromatic rings. The molecule has 1 aliphatic carbocycles. The Morgan fingerprint density at radius 2 is 2.29 bits per heavy atom. The molecular weight excluding hydrogens is 180 g/mol. The van der Waals surface area contributed by atoms with Gasteiger partial charge >= 0.3 is 5.97 Å². The molecule has 3 atom stereocenters. The quantitative estimate of drug-likeness (QED) is 0.629. The monoisotopic (exact) mass is 196 g/mol. The van der Waals surface area contributed by atoms with E-state index in [2.05, 4.69) is 0 Å². The van der Waals surface area contributed by atoms with E-state index in [9.17, 15) is 9.59 Å². The largest absolute Gasteiger partial charge is 0.465 e. The summed E-state index contributed by atoms with van der Waals surface area (Å²) in [5, 5.41) is 0. The number of fused-ring (bicyclic) bond motifs is 1. The van der Waals surface area contributed by atoms with Gasteiger partial charge in [0.15, 0.2) is 0 Å². The molecule has 1 saturated heterocycles. The molecule has 1 aliphatic heterocycles. The highest BCUT2D eigenvalue weighted by molar-refractivity contribution is 5.82. The van der Waals surface area contributed by atoms with E-state index >= 15 is 0 Å². The van der Waals surface area contributed by atoms with Gasteiger partial charge in [0.1, 0.15) is 5.78 Å². The van der Waals surface area contributed by atoms with Crippen LogP contribution < -0.4 is 0 Å². The lowest BCUT2D eigenvalue weighted by Gasteiger charge is -2.25. The molecular formula is C11H16O3. The smallest absolute Gasteiger partial charge is 0.312 e. The summed E-state index contributed by atoms with van der Waals surface area (Å²) in [6, 6.07) is 0. The molecule has 3 unspecified atom stereocenters. The summed E-state index contributed by atoms with van der Waals surface area (Å²) in [5.74, 6) is 0.641. The number of rotatable bonds is 2. The van der Waals surface area contributed by atoms with Crippen LogP contribution in [-0.4, -0.2) is 18.4 Å². The lowest BCUT2D eigenvalue weighted by molar-refractivity contribution is -0.148. The molecule has 0 aromatic carbocycles. The summed E-state index contributed by atoms with van der Waals surface area (Å²) in [6.07, 6.45) is 2.55. The van der Waals surface area contributed by atoms with Crippen LogP contribution in [0.3, 0.4) is 0 Å². The maximum Gasteiger partial charge on any atom is 0.312 e. The van der Waals surface area contributed by atoms with Crippen molar-refractivity contribution >= 4 is 11.8 Å². The topological polar surface area (TPSA) is 43.4 Å². The zero-order chi connectivity index (χ0) is 10.3. The van der Waals surface area contributed by atoms with Crippen LogP contribution >= 0.6 is 0 Å². The number of cyclic esters (lactones) is 1. The average Bonchev–Trinajstić information content (AvgIpc) is 2.54. The van der Waals surface area contributed by atoms with E-state index in [4.69, 9.17) is 4.74 Å². The van der Waals surface area contributed by atoms with E-state index in [1.54, 1.807) is 6.92 Å². The maximum atomic E-state index is 11.6. The van der Waals surface area contributed by atoms with E-state index in [1.807, 2.05) is 6.92 Å². The molecule has 3 heteroatoms. The molecule has 1 saturated carbocycles. The van der Waals surface area contributed by atoms with Gasteiger partial charge in [-0.05, 0) is 32.6 Å². The van der Waals surface area contributed by atoms with Crippen molar-refractivity contribution in [1.29, 1.82) is 0 Å². The Labute approximate surface area is 83.8 Å². The van der Waals surface area contributed by atoms with Crippen LogP contribution in [0.15, 0.2) is 0 Å². The van der Waals surface area contributed by atoms with Crippen molar-refractivity contribution in [2.45, 2.75) is 33.1 Å². The number of carbonyl (C=O) groups excluding carboxylic acids is 2. The first kappa shape index (κ1) is 9.69. The molecule has 2 aliphatic rings. The minimum atomic E-state index is -0.369.